The molecule has 0 bridgehead atoms. The molecule has 1 saturated heterocycles. The minimum absolute atomic E-state index is 0.0500. The van der Waals surface area contributed by atoms with Crippen molar-refractivity contribution in [2.75, 3.05) is 26.2 Å². The SMILES string of the molecule is CC1CCN(S(=O)(=O)c2ccc3[nH]cc(C(=O)NCC4COc5ccccc5O4)c(=O)c3c2)CC1. The number of hydrogen-bond donors (Lipinski definition) is 2. The second kappa shape index (κ2) is 9.35. The standard InChI is InChI=1S/C25H27N3O6S/c1-16-8-10-28(11-9-16)35(31,32)18-6-7-21-19(12-18)24(29)20(14-26-21)25(30)27-13-17-15-33-22-4-2-3-5-23(22)34-17/h2-7,12,14,16-17H,8-11,13,15H2,1H3,(H,26,29)(H,27,30). The number of para-hydroxylation sites is 2. The third kappa shape index (κ3) is 4.63. The van der Waals surface area contributed by atoms with E-state index in [1.165, 1.54) is 22.6 Å². The van der Waals surface area contributed by atoms with Crippen molar-refractivity contribution >= 4 is 26.8 Å². The summed E-state index contributed by atoms with van der Waals surface area (Å²) in [6, 6.07) is 11.7. The second-order valence-corrected chi connectivity index (χ2v) is 11.0. The lowest BCUT2D eigenvalue weighted by Crippen LogP contribution is -2.41. The molecule has 3 heterocycles. The van der Waals surface area contributed by atoms with Gasteiger partial charge in [-0.1, -0.05) is 19.1 Å². The first-order chi connectivity index (χ1) is 16.8. The van der Waals surface area contributed by atoms with Gasteiger partial charge in [-0.15, -0.1) is 0 Å². The average Bonchev–Trinajstić information content (AvgIpc) is 2.87. The molecular weight excluding hydrogens is 470 g/mol. The Bertz CT molecular complexity index is 1430. The molecule has 184 valence electrons. The Morgan fingerprint density at radius 2 is 1.89 bits per heavy atom. The van der Waals surface area contributed by atoms with Crippen LogP contribution in [0.5, 0.6) is 11.5 Å². The molecule has 35 heavy (non-hydrogen) atoms. The van der Waals surface area contributed by atoms with Gasteiger partial charge in [-0.05, 0) is 49.1 Å². The topological polar surface area (TPSA) is 118 Å². The highest BCUT2D eigenvalue weighted by Gasteiger charge is 2.29. The largest absolute Gasteiger partial charge is 0.486 e. The molecule has 0 radical (unpaired) electrons. The third-order valence-corrected chi connectivity index (χ3v) is 8.43. The number of pyridine rings is 1. The summed E-state index contributed by atoms with van der Waals surface area (Å²) in [5.41, 5.74) is -0.180. The average molecular weight is 498 g/mol. The zero-order valence-corrected chi connectivity index (χ0v) is 20.1. The van der Waals surface area contributed by atoms with Crippen molar-refractivity contribution in [2.45, 2.75) is 30.8 Å². The normalized spacial score (nSPS) is 18.9. The number of H-pyrrole nitrogens is 1. The van der Waals surface area contributed by atoms with E-state index >= 15 is 0 Å². The van der Waals surface area contributed by atoms with E-state index in [0.29, 0.717) is 36.0 Å². The van der Waals surface area contributed by atoms with Gasteiger partial charge in [0.25, 0.3) is 5.91 Å². The number of sulfonamides is 1. The molecule has 1 aromatic heterocycles. The Kier molecular flexibility index (Phi) is 6.24. The Hall–Kier alpha value is -3.37. The van der Waals surface area contributed by atoms with Crippen LogP contribution in [-0.2, 0) is 10.0 Å². The number of benzene rings is 2. The van der Waals surface area contributed by atoms with Crippen LogP contribution in [0.1, 0.15) is 30.1 Å². The Morgan fingerprint density at radius 3 is 2.66 bits per heavy atom. The lowest BCUT2D eigenvalue weighted by Gasteiger charge is -2.29. The number of aromatic nitrogens is 1. The van der Waals surface area contributed by atoms with Crippen molar-refractivity contribution in [2.24, 2.45) is 5.92 Å². The van der Waals surface area contributed by atoms with Gasteiger partial charge in [0.1, 0.15) is 18.3 Å². The van der Waals surface area contributed by atoms with Crippen molar-refractivity contribution in [1.82, 2.24) is 14.6 Å². The molecular formula is C25H27N3O6S. The molecule has 1 fully saturated rings. The molecule has 2 aromatic carbocycles. The zero-order chi connectivity index (χ0) is 24.6. The van der Waals surface area contributed by atoms with Gasteiger partial charge in [0.05, 0.1) is 11.4 Å². The number of carbonyl (C=O) groups excluding carboxylic acids is 1. The molecule has 3 aromatic rings. The molecule has 1 atom stereocenters. The summed E-state index contributed by atoms with van der Waals surface area (Å²) < 4.78 is 39.2. The number of fused-ring (bicyclic) bond motifs is 2. The van der Waals surface area contributed by atoms with Gasteiger partial charge in [-0.25, -0.2) is 8.42 Å². The second-order valence-electron chi connectivity index (χ2n) is 9.03. The molecule has 0 spiro atoms. The third-order valence-electron chi connectivity index (χ3n) is 6.54. The van der Waals surface area contributed by atoms with Gasteiger partial charge in [0.15, 0.2) is 11.5 Å². The molecule has 9 nitrogen and oxygen atoms in total. The molecule has 0 aliphatic carbocycles. The van der Waals surface area contributed by atoms with Crippen LogP contribution >= 0.6 is 0 Å². The predicted octanol–water partition coefficient (Wildman–Crippen LogP) is 2.52. The maximum absolute atomic E-state index is 13.1. The smallest absolute Gasteiger partial charge is 0.256 e. The number of nitrogens with one attached hydrogen (secondary N) is 2. The molecule has 1 amide bonds. The summed E-state index contributed by atoms with van der Waals surface area (Å²) in [5.74, 6) is 1.15. The van der Waals surface area contributed by atoms with Crippen LogP contribution < -0.4 is 20.2 Å². The molecule has 1 unspecified atom stereocenters. The summed E-state index contributed by atoms with van der Waals surface area (Å²) in [6.07, 6.45) is 2.55. The Balaban J connectivity index is 1.34. The van der Waals surface area contributed by atoms with Gasteiger partial charge < -0.3 is 19.8 Å². The van der Waals surface area contributed by atoms with Gasteiger partial charge in [-0.2, -0.15) is 4.31 Å². The number of hydrogen-bond acceptors (Lipinski definition) is 6. The van der Waals surface area contributed by atoms with Crippen LogP contribution in [0.2, 0.25) is 0 Å². The van der Waals surface area contributed by atoms with Crippen LogP contribution in [0.25, 0.3) is 10.9 Å². The van der Waals surface area contributed by atoms with Crippen LogP contribution in [0, 0.1) is 5.92 Å². The van der Waals surface area contributed by atoms with Gasteiger partial charge in [0, 0.05) is 30.2 Å². The van der Waals surface area contributed by atoms with E-state index < -0.39 is 27.5 Å². The highest BCUT2D eigenvalue weighted by atomic mass is 32.2. The highest BCUT2D eigenvalue weighted by molar-refractivity contribution is 7.89. The van der Waals surface area contributed by atoms with Crippen molar-refractivity contribution in [3.63, 3.8) is 0 Å². The molecule has 0 saturated carbocycles. The summed E-state index contributed by atoms with van der Waals surface area (Å²) in [5, 5.41) is 2.86. The zero-order valence-electron chi connectivity index (χ0n) is 19.3. The molecule has 2 N–H and O–H groups in total. The molecule has 10 heteroatoms. The summed E-state index contributed by atoms with van der Waals surface area (Å²) in [7, 11) is -3.73. The van der Waals surface area contributed by atoms with E-state index in [1.54, 1.807) is 18.2 Å². The van der Waals surface area contributed by atoms with E-state index in [4.69, 9.17) is 9.47 Å². The summed E-state index contributed by atoms with van der Waals surface area (Å²) in [4.78, 5) is 28.9. The van der Waals surface area contributed by atoms with Crippen LogP contribution in [0.3, 0.4) is 0 Å². The van der Waals surface area contributed by atoms with Crippen LogP contribution in [0.4, 0.5) is 0 Å². The van der Waals surface area contributed by atoms with Gasteiger partial charge in [-0.3, -0.25) is 9.59 Å². The maximum Gasteiger partial charge on any atom is 0.256 e. The Labute approximate surface area is 203 Å². The highest BCUT2D eigenvalue weighted by Crippen LogP contribution is 2.30. The van der Waals surface area contributed by atoms with Crippen LogP contribution in [-0.4, -0.2) is 56.0 Å². The van der Waals surface area contributed by atoms with E-state index in [1.807, 2.05) is 12.1 Å². The molecule has 2 aliphatic rings. The van der Waals surface area contributed by atoms with E-state index in [0.717, 1.165) is 12.8 Å². The first kappa shape index (κ1) is 23.4. The number of ether oxygens (including phenoxy) is 2. The van der Waals surface area contributed by atoms with Crippen LogP contribution in [0.15, 0.2) is 58.4 Å². The number of rotatable bonds is 5. The maximum atomic E-state index is 13.1. The number of piperidine rings is 1. The lowest BCUT2D eigenvalue weighted by atomic mass is 10.0. The number of amides is 1. The Morgan fingerprint density at radius 1 is 1.14 bits per heavy atom. The first-order valence-electron chi connectivity index (χ1n) is 11.6. The van der Waals surface area contributed by atoms with Gasteiger partial charge >= 0.3 is 0 Å². The van der Waals surface area contributed by atoms with E-state index in [2.05, 4.69) is 17.2 Å². The molecule has 2 aliphatic heterocycles. The fraction of sp³-hybridized carbons (Fsp3) is 0.360. The minimum Gasteiger partial charge on any atom is -0.486 e. The van der Waals surface area contributed by atoms with Gasteiger partial charge in [0.2, 0.25) is 15.5 Å². The quantitative estimate of drug-likeness (QED) is 0.559. The first-order valence-corrected chi connectivity index (χ1v) is 13.1. The predicted molar refractivity (Wildman–Crippen MR) is 130 cm³/mol. The van der Waals surface area contributed by atoms with Crippen molar-refractivity contribution < 1.29 is 22.7 Å². The molecule has 5 rings (SSSR count). The van der Waals surface area contributed by atoms with E-state index in [9.17, 15) is 18.0 Å². The van der Waals surface area contributed by atoms with E-state index in [-0.39, 0.29) is 29.0 Å². The van der Waals surface area contributed by atoms with Crippen molar-refractivity contribution in [3.05, 3.63) is 64.4 Å². The number of carbonyl (C=O) groups is 1. The van der Waals surface area contributed by atoms with Crippen molar-refractivity contribution in [3.8, 4) is 11.5 Å². The number of aromatic amines is 1. The fourth-order valence-corrected chi connectivity index (χ4v) is 5.86. The summed E-state index contributed by atoms with van der Waals surface area (Å²) >= 11 is 0. The monoisotopic (exact) mass is 497 g/mol. The summed E-state index contributed by atoms with van der Waals surface area (Å²) in [6.45, 7) is 3.43. The van der Waals surface area contributed by atoms with Crippen molar-refractivity contribution in [1.29, 1.82) is 0 Å². The lowest BCUT2D eigenvalue weighted by molar-refractivity contribution is 0.0788. The minimum atomic E-state index is -3.73. The number of nitrogens with zero attached hydrogens (tertiary/aromatic N) is 1. The fourth-order valence-electron chi connectivity index (χ4n) is 4.37.